The summed E-state index contributed by atoms with van der Waals surface area (Å²) in [7, 11) is 0. The molecule has 0 bridgehead atoms. The predicted molar refractivity (Wildman–Crippen MR) is 145 cm³/mol. The normalized spacial score (nSPS) is 13.5. The van der Waals surface area contributed by atoms with Gasteiger partial charge in [-0.25, -0.2) is 0 Å². The minimum absolute atomic E-state index is 0.0877. The van der Waals surface area contributed by atoms with Gasteiger partial charge in [-0.1, -0.05) is 53.7 Å². The van der Waals surface area contributed by atoms with Crippen molar-refractivity contribution < 1.29 is 36.6 Å². The molecule has 2 N–H and O–H groups in total. The lowest BCUT2D eigenvalue weighted by Crippen LogP contribution is -2.15. The molecule has 4 nitrogen and oxygen atoms in total. The van der Waals surface area contributed by atoms with Crippen molar-refractivity contribution >= 4 is 23.8 Å². The van der Waals surface area contributed by atoms with Gasteiger partial charge in [-0.05, 0) is 47.2 Å². The molecule has 0 atom stereocenters. The van der Waals surface area contributed by atoms with Crippen molar-refractivity contribution in [3.8, 4) is 11.5 Å². The SMILES string of the molecule is CC(C)(C)c1cc(C(F)(F)F)cc(C=Nc2ccccc2N=Cc2cc(C(F)(F)F)cc(C(C)(C)C)c2O)c1O. The van der Waals surface area contributed by atoms with Gasteiger partial charge in [0, 0.05) is 34.7 Å². The number of para-hydroxylation sites is 2. The Balaban J connectivity index is 2.10. The second kappa shape index (κ2) is 10.6. The number of alkyl halides is 6. The highest BCUT2D eigenvalue weighted by atomic mass is 19.4. The summed E-state index contributed by atoms with van der Waals surface area (Å²) in [5.41, 5.74) is -3.28. The fraction of sp³-hybridized carbons (Fsp3) is 0.333. The van der Waals surface area contributed by atoms with E-state index in [1.165, 1.54) is 12.1 Å². The van der Waals surface area contributed by atoms with Gasteiger partial charge in [0.25, 0.3) is 0 Å². The number of phenols is 2. The first-order valence-electron chi connectivity index (χ1n) is 12.3. The molecule has 10 heteroatoms. The van der Waals surface area contributed by atoms with Crippen molar-refractivity contribution in [1.82, 2.24) is 0 Å². The Hall–Kier alpha value is -3.82. The molecule has 0 heterocycles. The average molecular weight is 565 g/mol. The van der Waals surface area contributed by atoms with Gasteiger partial charge < -0.3 is 10.2 Å². The van der Waals surface area contributed by atoms with Gasteiger partial charge in [0.05, 0.1) is 22.5 Å². The average Bonchev–Trinajstić information content (AvgIpc) is 2.80. The van der Waals surface area contributed by atoms with E-state index in [0.717, 1.165) is 36.7 Å². The summed E-state index contributed by atoms with van der Waals surface area (Å²) in [5.74, 6) is -0.706. The van der Waals surface area contributed by atoms with Crippen LogP contribution < -0.4 is 0 Å². The van der Waals surface area contributed by atoms with E-state index in [2.05, 4.69) is 9.98 Å². The molecule has 0 saturated carbocycles. The molecule has 0 saturated heterocycles. The third-order valence-corrected chi connectivity index (χ3v) is 6.12. The second-order valence-electron chi connectivity index (χ2n) is 11.4. The van der Waals surface area contributed by atoms with Crippen LogP contribution in [0.25, 0.3) is 0 Å². The molecule has 3 aromatic rings. The van der Waals surface area contributed by atoms with E-state index in [0.29, 0.717) is 0 Å². The van der Waals surface area contributed by atoms with Crippen LogP contribution in [-0.4, -0.2) is 22.6 Å². The molecule has 0 unspecified atom stereocenters. The van der Waals surface area contributed by atoms with Crippen LogP contribution in [0.4, 0.5) is 37.7 Å². The highest BCUT2D eigenvalue weighted by Crippen LogP contribution is 2.41. The van der Waals surface area contributed by atoms with Gasteiger partial charge in [0.15, 0.2) is 0 Å². The molecule has 0 amide bonds. The maximum Gasteiger partial charge on any atom is 0.416 e. The summed E-state index contributed by atoms with van der Waals surface area (Å²) >= 11 is 0. The summed E-state index contributed by atoms with van der Waals surface area (Å²) in [6.07, 6.45) is -7.16. The molecule has 0 aliphatic rings. The second-order valence-corrected chi connectivity index (χ2v) is 11.4. The molecule has 0 aromatic heterocycles. The molecule has 0 aliphatic carbocycles. The lowest BCUT2D eigenvalue weighted by molar-refractivity contribution is -0.138. The summed E-state index contributed by atoms with van der Waals surface area (Å²) in [6.45, 7) is 10.0. The van der Waals surface area contributed by atoms with Gasteiger partial charge in [0.2, 0.25) is 0 Å². The summed E-state index contributed by atoms with van der Waals surface area (Å²) < 4.78 is 81.3. The molecule has 3 aromatic carbocycles. The number of phenolic OH excluding ortho intramolecular Hbond substituents is 2. The largest absolute Gasteiger partial charge is 0.507 e. The third kappa shape index (κ3) is 7.03. The van der Waals surface area contributed by atoms with E-state index >= 15 is 0 Å². The van der Waals surface area contributed by atoms with E-state index in [9.17, 15) is 36.6 Å². The Kier molecular flexibility index (Phi) is 8.16. The lowest BCUT2D eigenvalue weighted by atomic mass is 9.84. The minimum atomic E-state index is -4.66. The van der Waals surface area contributed by atoms with Gasteiger partial charge in [-0.3, -0.25) is 9.98 Å². The molecule has 0 aliphatic heterocycles. The number of rotatable bonds is 4. The molecule has 3 rings (SSSR count). The highest BCUT2D eigenvalue weighted by Gasteiger charge is 2.35. The fourth-order valence-electron chi connectivity index (χ4n) is 3.94. The first-order chi connectivity index (χ1) is 18.2. The number of hydrogen-bond acceptors (Lipinski definition) is 4. The van der Waals surface area contributed by atoms with Crippen LogP contribution in [0.1, 0.15) is 74.9 Å². The molecule has 0 radical (unpaired) electrons. The smallest absolute Gasteiger partial charge is 0.416 e. The van der Waals surface area contributed by atoms with Crippen molar-refractivity contribution in [1.29, 1.82) is 0 Å². The van der Waals surface area contributed by atoms with Gasteiger partial charge >= 0.3 is 12.4 Å². The van der Waals surface area contributed by atoms with Gasteiger partial charge in [-0.2, -0.15) is 26.3 Å². The van der Waals surface area contributed by atoms with Gasteiger partial charge in [0.1, 0.15) is 11.5 Å². The highest BCUT2D eigenvalue weighted by molar-refractivity contribution is 5.90. The zero-order chi connectivity index (χ0) is 30.3. The Bertz CT molecular complexity index is 1350. The van der Waals surface area contributed by atoms with Crippen LogP contribution in [0.15, 0.2) is 58.5 Å². The quantitative estimate of drug-likeness (QED) is 0.245. The molecule has 40 heavy (non-hydrogen) atoms. The Labute approximate surface area is 228 Å². The van der Waals surface area contributed by atoms with E-state index < -0.39 is 34.3 Å². The van der Waals surface area contributed by atoms with Crippen molar-refractivity contribution in [2.45, 2.75) is 64.7 Å². The summed E-state index contributed by atoms with van der Waals surface area (Å²) in [5, 5.41) is 21.4. The number of halogens is 6. The predicted octanol–water partition coefficient (Wildman–Crippen LogP) is 9.23. The molecular formula is C30H30F6N2O2. The van der Waals surface area contributed by atoms with Crippen LogP contribution in [0.2, 0.25) is 0 Å². The maximum absolute atomic E-state index is 13.6. The molecule has 0 spiro atoms. The first-order valence-corrected chi connectivity index (χ1v) is 12.3. The van der Waals surface area contributed by atoms with Crippen LogP contribution >= 0.6 is 0 Å². The Morgan fingerprint density at radius 3 is 1.18 bits per heavy atom. The first kappa shape index (κ1) is 30.7. The molecule has 214 valence electrons. The number of aromatic hydroxyl groups is 2. The van der Waals surface area contributed by atoms with Crippen molar-refractivity contribution in [2.75, 3.05) is 0 Å². The van der Waals surface area contributed by atoms with Crippen molar-refractivity contribution in [2.24, 2.45) is 9.98 Å². The van der Waals surface area contributed by atoms with Crippen LogP contribution in [0, 0.1) is 0 Å². The van der Waals surface area contributed by atoms with Crippen LogP contribution in [-0.2, 0) is 23.2 Å². The van der Waals surface area contributed by atoms with Crippen LogP contribution in [0.3, 0.4) is 0 Å². The van der Waals surface area contributed by atoms with Crippen LogP contribution in [0.5, 0.6) is 11.5 Å². The Morgan fingerprint density at radius 2 is 0.900 bits per heavy atom. The topological polar surface area (TPSA) is 65.2 Å². The minimum Gasteiger partial charge on any atom is -0.507 e. The zero-order valence-corrected chi connectivity index (χ0v) is 22.8. The van der Waals surface area contributed by atoms with Gasteiger partial charge in [-0.15, -0.1) is 0 Å². The zero-order valence-electron chi connectivity index (χ0n) is 22.8. The number of benzene rings is 3. The number of aliphatic imine (C=N–C) groups is 2. The molecule has 0 fully saturated rings. The Morgan fingerprint density at radius 1 is 0.575 bits per heavy atom. The van der Waals surface area contributed by atoms with Crippen molar-refractivity contribution in [3.63, 3.8) is 0 Å². The van der Waals surface area contributed by atoms with E-state index in [-0.39, 0.29) is 45.1 Å². The van der Waals surface area contributed by atoms with E-state index in [4.69, 9.17) is 0 Å². The molecular weight excluding hydrogens is 534 g/mol. The standard InChI is InChI=1S/C30H30F6N2O2/c1-27(2,3)21-13-19(29(31,32)33)11-17(25(21)39)15-37-23-9-7-8-10-24(23)38-16-18-12-20(30(34,35)36)14-22(26(18)40)28(4,5)6/h7-16,39-40H,1-6H3. The van der Waals surface area contributed by atoms with Crippen molar-refractivity contribution in [3.05, 3.63) is 81.9 Å². The van der Waals surface area contributed by atoms with E-state index in [1.807, 2.05) is 0 Å². The fourth-order valence-corrected chi connectivity index (χ4v) is 3.94. The number of nitrogens with zero attached hydrogens (tertiary/aromatic N) is 2. The summed E-state index contributed by atoms with van der Waals surface area (Å²) in [4.78, 5) is 8.45. The number of hydrogen-bond donors (Lipinski definition) is 2. The van der Waals surface area contributed by atoms with E-state index in [1.54, 1.807) is 53.7 Å². The maximum atomic E-state index is 13.6. The monoisotopic (exact) mass is 564 g/mol. The third-order valence-electron chi connectivity index (χ3n) is 6.12. The lowest BCUT2D eigenvalue weighted by Gasteiger charge is -2.23. The summed E-state index contributed by atoms with van der Waals surface area (Å²) in [6, 6.07) is 9.57.